The zero-order valence-corrected chi connectivity index (χ0v) is 18.0. The predicted octanol–water partition coefficient (Wildman–Crippen LogP) is 2.47. The summed E-state index contributed by atoms with van der Waals surface area (Å²) < 4.78 is 1.53. The Hall–Kier alpha value is -3.80. The van der Waals surface area contributed by atoms with Gasteiger partial charge in [0.2, 0.25) is 11.1 Å². The summed E-state index contributed by atoms with van der Waals surface area (Å²) in [6.45, 7) is 2.15. The van der Waals surface area contributed by atoms with Crippen LogP contribution in [0.1, 0.15) is 35.7 Å². The Morgan fingerprint density at radius 2 is 1.94 bits per heavy atom. The molecule has 11 nitrogen and oxygen atoms in total. The molecule has 0 atom stereocenters. The summed E-state index contributed by atoms with van der Waals surface area (Å²) in [5, 5.41) is 22.8. The zero-order valence-electron chi connectivity index (χ0n) is 17.2. The number of hydrazine groups is 1. The van der Waals surface area contributed by atoms with E-state index in [0.717, 1.165) is 42.8 Å². The highest BCUT2D eigenvalue weighted by Crippen LogP contribution is 2.19. The number of hydrogen-bond donors (Lipinski definition) is 2. The number of unbranched alkanes of at least 4 members (excludes halogenated alkanes) is 1. The van der Waals surface area contributed by atoms with E-state index < -0.39 is 16.7 Å². The molecule has 2 amide bonds. The maximum atomic E-state index is 12.1. The number of amides is 2. The van der Waals surface area contributed by atoms with Gasteiger partial charge in [0.1, 0.15) is 0 Å². The molecule has 0 aliphatic heterocycles. The van der Waals surface area contributed by atoms with Gasteiger partial charge in [-0.1, -0.05) is 43.3 Å². The molecule has 0 aliphatic rings. The van der Waals surface area contributed by atoms with Crippen LogP contribution in [0, 0.1) is 10.1 Å². The first-order valence-electron chi connectivity index (χ1n) is 9.82. The fourth-order valence-electron chi connectivity index (χ4n) is 2.74. The van der Waals surface area contributed by atoms with E-state index in [1.165, 1.54) is 28.4 Å². The van der Waals surface area contributed by atoms with E-state index >= 15 is 0 Å². The second-order valence-electron chi connectivity index (χ2n) is 6.74. The quantitative estimate of drug-likeness (QED) is 0.284. The third-order valence-electron chi connectivity index (χ3n) is 4.41. The van der Waals surface area contributed by atoms with Gasteiger partial charge in [0.15, 0.2) is 0 Å². The van der Waals surface area contributed by atoms with Crippen LogP contribution in [0.2, 0.25) is 0 Å². The molecule has 0 saturated carbocycles. The molecule has 0 spiro atoms. The first-order valence-corrected chi connectivity index (χ1v) is 10.8. The van der Waals surface area contributed by atoms with E-state index in [4.69, 9.17) is 0 Å². The Kier molecular flexibility index (Phi) is 7.86. The summed E-state index contributed by atoms with van der Waals surface area (Å²) in [6.07, 6.45) is 3.26. The minimum atomic E-state index is -0.667. The summed E-state index contributed by atoms with van der Waals surface area (Å²) in [7, 11) is 0. The van der Waals surface area contributed by atoms with Crippen LogP contribution in [-0.4, -0.2) is 42.7 Å². The number of benzene rings is 2. The molecule has 3 rings (SSSR count). The molecule has 32 heavy (non-hydrogen) atoms. The molecule has 12 heteroatoms. The van der Waals surface area contributed by atoms with E-state index in [1.807, 2.05) is 24.3 Å². The van der Waals surface area contributed by atoms with Crippen LogP contribution in [0.25, 0.3) is 5.69 Å². The number of tetrazole rings is 1. The van der Waals surface area contributed by atoms with Crippen LogP contribution >= 0.6 is 11.8 Å². The first-order chi connectivity index (χ1) is 15.5. The zero-order chi connectivity index (χ0) is 22.9. The van der Waals surface area contributed by atoms with E-state index in [1.54, 1.807) is 0 Å². The monoisotopic (exact) mass is 455 g/mol. The van der Waals surface area contributed by atoms with Gasteiger partial charge in [-0.3, -0.25) is 30.6 Å². The summed E-state index contributed by atoms with van der Waals surface area (Å²) in [6, 6.07) is 13.1. The van der Waals surface area contributed by atoms with Gasteiger partial charge in [-0.15, -0.1) is 5.10 Å². The van der Waals surface area contributed by atoms with Crippen molar-refractivity contribution in [3.8, 4) is 5.69 Å². The van der Waals surface area contributed by atoms with Crippen molar-refractivity contribution in [3.05, 3.63) is 69.8 Å². The normalized spacial score (nSPS) is 10.5. The number of carbonyl (C=O) groups is 2. The molecule has 0 aliphatic carbocycles. The Balaban J connectivity index is 1.53. The number of aryl methyl sites for hydroxylation is 1. The van der Waals surface area contributed by atoms with Crippen LogP contribution in [0.4, 0.5) is 5.69 Å². The summed E-state index contributed by atoms with van der Waals surface area (Å²) >= 11 is 1.10. The molecule has 0 saturated heterocycles. The molecule has 2 aromatic carbocycles. The minimum absolute atomic E-state index is 0.0514. The number of carbonyl (C=O) groups excluding carboxylic acids is 2. The Morgan fingerprint density at radius 1 is 1.16 bits per heavy atom. The Labute approximate surface area is 187 Å². The number of aromatic nitrogens is 4. The fourth-order valence-corrected chi connectivity index (χ4v) is 3.43. The van der Waals surface area contributed by atoms with Crippen molar-refractivity contribution in [1.29, 1.82) is 0 Å². The van der Waals surface area contributed by atoms with Crippen LogP contribution in [-0.2, 0) is 11.2 Å². The molecular weight excluding hydrogens is 434 g/mol. The van der Waals surface area contributed by atoms with Gasteiger partial charge in [-0.05, 0) is 47.0 Å². The smallest absolute Gasteiger partial charge is 0.270 e. The lowest BCUT2D eigenvalue weighted by atomic mass is 10.1. The van der Waals surface area contributed by atoms with Gasteiger partial charge in [-0.2, -0.15) is 4.68 Å². The lowest BCUT2D eigenvalue weighted by Gasteiger charge is -2.08. The summed E-state index contributed by atoms with van der Waals surface area (Å²) in [5.74, 6) is -1.21. The molecule has 2 N–H and O–H groups in total. The van der Waals surface area contributed by atoms with Crippen LogP contribution in [0.5, 0.6) is 0 Å². The average molecular weight is 456 g/mol. The van der Waals surface area contributed by atoms with Crippen molar-refractivity contribution in [2.75, 3.05) is 5.75 Å². The van der Waals surface area contributed by atoms with Gasteiger partial charge in [-0.25, -0.2) is 0 Å². The third-order valence-corrected chi connectivity index (χ3v) is 5.33. The van der Waals surface area contributed by atoms with E-state index in [-0.39, 0.29) is 17.0 Å². The van der Waals surface area contributed by atoms with Crippen molar-refractivity contribution in [2.45, 2.75) is 31.3 Å². The molecular formula is C20H21N7O4S. The average Bonchev–Trinajstić information content (AvgIpc) is 3.29. The van der Waals surface area contributed by atoms with Crippen molar-refractivity contribution in [2.24, 2.45) is 0 Å². The number of rotatable bonds is 9. The molecule has 166 valence electrons. The van der Waals surface area contributed by atoms with Gasteiger partial charge >= 0.3 is 0 Å². The van der Waals surface area contributed by atoms with Gasteiger partial charge in [0.05, 0.1) is 16.4 Å². The van der Waals surface area contributed by atoms with Crippen molar-refractivity contribution in [1.82, 2.24) is 31.1 Å². The maximum Gasteiger partial charge on any atom is 0.270 e. The van der Waals surface area contributed by atoms with E-state index in [2.05, 4.69) is 33.3 Å². The van der Waals surface area contributed by atoms with E-state index in [9.17, 15) is 19.7 Å². The van der Waals surface area contributed by atoms with Crippen LogP contribution in [0.15, 0.2) is 53.7 Å². The predicted molar refractivity (Wildman–Crippen MR) is 117 cm³/mol. The number of hydrogen-bond acceptors (Lipinski definition) is 8. The van der Waals surface area contributed by atoms with Crippen molar-refractivity contribution < 1.29 is 14.5 Å². The highest BCUT2D eigenvalue weighted by atomic mass is 32.2. The molecule has 0 fully saturated rings. The number of nitro benzene ring substituents is 1. The standard InChI is InChI=1S/C20H21N7O4S/c1-2-3-5-14-8-10-16(11-9-14)26-20(23-24-25-26)32-13-18(28)21-22-19(29)15-6-4-7-17(12-15)27(30)31/h4,6-12H,2-3,5,13H2,1H3,(H,21,28)(H,22,29). The Bertz CT molecular complexity index is 1100. The van der Waals surface area contributed by atoms with Gasteiger partial charge in [0.25, 0.3) is 11.6 Å². The highest BCUT2D eigenvalue weighted by molar-refractivity contribution is 7.99. The maximum absolute atomic E-state index is 12.1. The SMILES string of the molecule is CCCCc1ccc(-n2nnnc2SCC(=O)NNC(=O)c2cccc([N+](=O)[O-])c2)cc1. The van der Waals surface area contributed by atoms with E-state index in [0.29, 0.717) is 5.16 Å². The third kappa shape index (κ3) is 6.11. The molecule has 0 radical (unpaired) electrons. The van der Waals surface area contributed by atoms with Crippen LogP contribution < -0.4 is 10.9 Å². The van der Waals surface area contributed by atoms with Gasteiger partial charge in [0, 0.05) is 17.7 Å². The first kappa shape index (κ1) is 22.9. The molecule has 1 heterocycles. The topological polar surface area (TPSA) is 145 Å². The van der Waals surface area contributed by atoms with Gasteiger partial charge < -0.3 is 0 Å². The van der Waals surface area contributed by atoms with Crippen molar-refractivity contribution >= 4 is 29.3 Å². The van der Waals surface area contributed by atoms with Crippen molar-refractivity contribution in [3.63, 3.8) is 0 Å². The number of non-ortho nitro benzene ring substituents is 1. The molecule has 0 unspecified atom stereocenters. The lowest BCUT2D eigenvalue weighted by molar-refractivity contribution is -0.384. The largest absolute Gasteiger partial charge is 0.272 e. The second kappa shape index (κ2) is 11.0. The van der Waals surface area contributed by atoms with Crippen LogP contribution in [0.3, 0.4) is 0 Å². The Morgan fingerprint density at radius 3 is 2.66 bits per heavy atom. The molecule has 3 aromatic rings. The fraction of sp³-hybridized carbons (Fsp3) is 0.250. The number of nitrogens with one attached hydrogen (secondary N) is 2. The molecule has 0 bridgehead atoms. The summed E-state index contributed by atoms with van der Waals surface area (Å²) in [4.78, 5) is 34.4. The molecule has 1 aromatic heterocycles. The number of thioether (sulfide) groups is 1. The minimum Gasteiger partial charge on any atom is -0.272 e. The highest BCUT2D eigenvalue weighted by Gasteiger charge is 2.14. The second-order valence-corrected chi connectivity index (χ2v) is 7.68. The number of nitro groups is 1. The lowest BCUT2D eigenvalue weighted by Crippen LogP contribution is -2.42. The number of nitrogens with zero attached hydrogens (tertiary/aromatic N) is 5. The summed E-state index contributed by atoms with van der Waals surface area (Å²) in [5.41, 5.74) is 6.35.